The maximum Gasteiger partial charge on any atom is 0.146 e. The quantitative estimate of drug-likeness (QED) is 0.750. The van der Waals surface area contributed by atoms with Gasteiger partial charge in [0.25, 0.3) is 0 Å². The summed E-state index contributed by atoms with van der Waals surface area (Å²) >= 11 is 5.85. The van der Waals surface area contributed by atoms with E-state index >= 15 is 0 Å². The van der Waals surface area contributed by atoms with E-state index in [1.54, 1.807) is 7.11 Å². The van der Waals surface area contributed by atoms with E-state index in [9.17, 15) is 0 Å². The van der Waals surface area contributed by atoms with Gasteiger partial charge in [-0.3, -0.25) is 0 Å². The first-order chi connectivity index (χ1) is 7.31. The number of ether oxygens (including phenoxy) is 1. The number of benzene rings is 1. The molecule has 0 aliphatic rings. The molecule has 0 bridgehead atoms. The predicted octanol–water partition coefficient (Wildman–Crippen LogP) is 2.80. The average Bonchev–Trinajstić information content (AvgIpc) is 2.66. The van der Waals surface area contributed by atoms with Crippen molar-refractivity contribution in [2.45, 2.75) is 19.3 Å². The highest BCUT2D eigenvalue weighted by atomic mass is 35.5. The number of hydrogen-bond acceptors (Lipinski definition) is 2. The van der Waals surface area contributed by atoms with Gasteiger partial charge in [-0.15, -0.1) is 11.6 Å². The zero-order chi connectivity index (χ0) is 10.8. The maximum absolute atomic E-state index is 5.85. The Morgan fingerprint density at radius 3 is 2.87 bits per heavy atom. The number of imidazole rings is 1. The molecule has 0 aliphatic heterocycles. The summed E-state index contributed by atoms with van der Waals surface area (Å²) in [4.78, 5) is 4.48. The molecule has 0 radical (unpaired) electrons. The number of fused-ring (bicyclic) bond motifs is 1. The van der Waals surface area contributed by atoms with Gasteiger partial charge in [-0.05, 0) is 19.1 Å². The zero-order valence-electron chi connectivity index (χ0n) is 8.83. The fourth-order valence-electron chi connectivity index (χ4n) is 1.79. The summed E-state index contributed by atoms with van der Waals surface area (Å²) in [5.74, 6) is 2.11. The molecule has 3 nitrogen and oxygen atoms in total. The van der Waals surface area contributed by atoms with Gasteiger partial charge in [0.05, 0.1) is 18.5 Å². The van der Waals surface area contributed by atoms with Crippen LogP contribution in [0.1, 0.15) is 12.7 Å². The van der Waals surface area contributed by atoms with Crippen molar-refractivity contribution >= 4 is 22.6 Å². The van der Waals surface area contributed by atoms with Crippen molar-refractivity contribution in [1.82, 2.24) is 9.55 Å². The molecule has 4 heteroatoms. The van der Waals surface area contributed by atoms with E-state index in [0.717, 1.165) is 29.2 Å². The first kappa shape index (κ1) is 10.3. The Bertz CT molecular complexity index is 479. The Balaban J connectivity index is 2.75. The highest BCUT2D eigenvalue weighted by molar-refractivity contribution is 6.16. The molecule has 0 spiro atoms. The lowest BCUT2D eigenvalue weighted by atomic mass is 10.3. The van der Waals surface area contributed by atoms with Crippen LogP contribution in [0.5, 0.6) is 5.75 Å². The molecule has 2 aromatic rings. The van der Waals surface area contributed by atoms with Crippen molar-refractivity contribution in [1.29, 1.82) is 0 Å². The molecule has 0 saturated carbocycles. The molecule has 0 N–H and O–H groups in total. The van der Waals surface area contributed by atoms with E-state index in [1.165, 1.54) is 0 Å². The number of aromatic nitrogens is 2. The first-order valence-corrected chi connectivity index (χ1v) is 5.43. The first-order valence-electron chi connectivity index (χ1n) is 4.89. The maximum atomic E-state index is 5.85. The lowest BCUT2D eigenvalue weighted by molar-refractivity contribution is 0.419. The summed E-state index contributed by atoms with van der Waals surface area (Å²) in [5, 5.41) is 0. The standard InChI is InChI=1S/C11H13ClN2O/c1-3-14-8-5-4-6-9(15-2)11(8)13-10(14)7-12/h4-6H,3,7H2,1-2H3. The number of halogens is 1. The van der Waals surface area contributed by atoms with Gasteiger partial charge in [0.15, 0.2) is 0 Å². The average molecular weight is 225 g/mol. The molecule has 0 fully saturated rings. The number of methoxy groups -OCH3 is 1. The van der Waals surface area contributed by atoms with Crippen molar-refractivity contribution in [3.8, 4) is 5.75 Å². The van der Waals surface area contributed by atoms with Crippen LogP contribution in [0.3, 0.4) is 0 Å². The number of aryl methyl sites for hydroxylation is 1. The molecule has 2 rings (SSSR count). The van der Waals surface area contributed by atoms with Crippen molar-refractivity contribution in [3.63, 3.8) is 0 Å². The van der Waals surface area contributed by atoms with E-state index < -0.39 is 0 Å². The molecular formula is C11H13ClN2O. The zero-order valence-corrected chi connectivity index (χ0v) is 9.58. The SMILES string of the molecule is CCn1c(CCl)nc2c(OC)cccc21. The lowest BCUT2D eigenvalue weighted by Gasteiger charge is -2.03. The van der Waals surface area contributed by atoms with Crippen molar-refractivity contribution in [2.75, 3.05) is 7.11 Å². The Hall–Kier alpha value is -1.22. The molecule has 0 atom stereocenters. The Morgan fingerprint density at radius 1 is 1.47 bits per heavy atom. The van der Waals surface area contributed by atoms with E-state index in [4.69, 9.17) is 16.3 Å². The molecule has 0 saturated heterocycles. The largest absolute Gasteiger partial charge is 0.494 e. The Labute approximate surface area is 93.6 Å². The second-order valence-corrected chi connectivity index (χ2v) is 3.50. The van der Waals surface area contributed by atoms with Gasteiger partial charge in [0.2, 0.25) is 0 Å². The summed E-state index contributed by atoms with van der Waals surface area (Å²) in [7, 11) is 1.65. The van der Waals surface area contributed by atoms with Gasteiger partial charge in [-0.2, -0.15) is 0 Å². The van der Waals surface area contributed by atoms with Crippen LogP contribution in [0.4, 0.5) is 0 Å². The molecule has 1 heterocycles. The summed E-state index contributed by atoms with van der Waals surface area (Å²) < 4.78 is 7.37. The molecule has 0 unspecified atom stereocenters. The van der Waals surface area contributed by atoms with E-state index in [0.29, 0.717) is 5.88 Å². The van der Waals surface area contributed by atoms with Crippen LogP contribution in [0.15, 0.2) is 18.2 Å². The second-order valence-electron chi connectivity index (χ2n) is 3.23. The Morgan fingerprint density at radius 2 is 2.27 bits per heavy atom. The van der Waals surface area contributed by atoms with Crippen molar-refractivity contribution < 1.29 is 4.74 Å². The van der Waals surface area contributed by atoms with Gasteiger partial charge in [-0.25, -0.2) is 4.98 Å². The number of para-hydroxylation sites is 1. The number of rotatable bonds is 3. The molecule has 80 valence electrons. The summed E-state index contributed by atoms with van der Waals surface area (Å²) in [5.41, 5.74) is 1.96. The van der Waals surface area contributed by atoms with Crippen LogP contribution in [-0.2, 0) is 12.4 Å². The van der Waals surface area contributed by atoms with E-state index in [1.807, 2.05) is 18.2 Å². The van der Waals surface area contributed by atoms with Gasteiger partial charge < -0.3 is 9.30 Å². The van der Waals surface area contributed by atoms with Gasteiger partial charge in [-0.1, -0.05) is 6.07 Å². The van der Waals surface area contributed by atoms with Gasteiger partial charge in [0, 0.05) is 6.54 Å². The predicted molar refractivity (Wildman–Crippen MR) is 61.5 cm³/mol. The fraction of sp³-hybridized carbons (Fsp3) is 0.364. The van der Waals surface area contributed by atoms with Crippen LogP contribution >= 0.6 is 11.6 Å². The van der Waals surface area contributed by atoms with Crippen molar-refractivity contribution in [2.24, 2.45) is 0 Å². The lowest BCUT2D eigenvalue weighted by Crippen LogP contribution is -1.98. The minimum Gasteiger partial charge on any atom is -0.494 e. The monoisotopic (exact) mass is 224 g/mol. The molecule has 0 aliphatic carbocycles. The van der Waals surface area contributed by atoms with Crippen LogP contribution in [0.2, 0.25) is 0 Å². The minimum atomic E-state index is 0.422. The number of hydrogen-bond donors (Lipinski definition) is 0. The normalized spacial score (nSPS) is 10.9. The number of nitrogens with zero attached hydrogens (tertiary/aromatic N) is 2. The molecule has 15 heavy (non-hydrogen) atoms. The third-order valence-corrected chi connectivity index (χ3v) is 2.72. The summed E-state index contributed by atoms with van der Waals surface area (Å²) in [6, 6.07) is 5.91. The number of alkyl halides is 1. The van der Waals surface area contributed by atoms with Crippen molar-refractivity contribution in [3.05, 3.63) is 24.0 Å². The second kappa shape index (κ2) is 4.11. The molecule has 1 aromatic heterocycles. The summed E-state index contributed by atoms with van der Waals surface area (Å²) in [6.07, 6.45) is 0. The highest BCUT2D eigenvalue weighted by Crippen LogP contribution is 2.26. The molecule has 1 aromatic carbocycles. The van der Waals surface area contributed by atoms with Crippen LogP contribution in [0.25, 0.3) is 11.0 Å². The van der Waals surface area contributed by atoms with Crippen LogP contribution in [-0.4, -0.2) is 16.7 Å². The fourth-order valence-corrected chi connectivity index (χ4v) is 1.99. The summed E-state index contributed by atoms with van der Waals surface area (Å²) in [6.45, 7) is 2.95. The smallest absolute Gasteiger partial charge is 0.146 e. The van der Waals surface area contributed by atoms with E-state index in [2.05, 4.69) is 16.5 Å². The molecule has 0 amide bonds. The Kier molecular flexibility index (Phi) is 2.82. The van der Waals surface area contributed by atoms with Crippen LogP contribution < -0.4 is 4.74 Å². The topological polar surface area (TPSA) is 27.1 Å². The van der Waals surface area contributed by atoms with Gasteiger partial charge >= 0.3 is 0 Å². The molecular weight excluding hydrogens is 212 g/mol. The minimum absolute atomic E-state index is 0.422. The third-order valence-electron chi connectivity index (χ3n) is 2.48. The van der Waals surface area contributed by atoms with Crippen LogP contribution in [0, 0.1) is 0 Å². The van der Waals surface area contributed by atoms with E-state index in [-0.39, 0.29) is 0 Å². The third kappa shape index (κ3) is 1.57. The van der Waals surface area contributed by atoms with Gasteiger partial charge in [0.1, 0.15) is 17.1 Å². The highest BCUT2D eigenvalue weighted by Gasteiger charge is 2.11.